The molecule has 1 aliphatic rings. The van der Waals surface area contributed by atoms with E-state index in [1.165, 1.54) is 5.56 Å². The van der Waals surface area contributed by atoms with Crippen molar-refractivity contribution >= 4 is 5.91 Å². The van der Waals surface area contributed by atoms with Crippen molar-refractivity contribution in [1.82, 2.24) is 15.8 Å². The molecule has 2 aromatic rings. The highest BCUT2D eigenvalue weighted by Crippen LogP contribution is 2.25. The Labute approximate surface area is 136 Å². The lowest BCUT2D eigenvalue weighted by atomic mass is 9.91. The van der Waals surface area contributed by atoms with Crippen LogP contribution < -0.4 is 10.6 Å². The van der Waals surface area contributed by atoms with E-state index in [9.17, 15) is 4.79 Å². The van der Waals surface area contributed by atoms with Crippen molar-refractivity contribution in [3.63, 3.8) is 0 Å². The smallest absolute Gasteiger partial charge is 0.273 e. The predicted molar refractivity (Wildman–Crippen MR) is 88.2 cm³/mol. The zero-order chi connectivity index (χ0) is 16.2. The summed E-state index contributed by atoms with van der Waals surface area (Å²) in [5.74, 6) is 0.713. The summed E-state index contributed by atoms with van der Waals surface area (Å²) in [5, 5.41) is 10.4. The van der Waals surface area contributed by atoms with Crippen LogP contribution in [0.15, 0.2) is 34.9 Å². The van der Waals surface area contributed by atoms with Crippen molar-refractivity contribution in [1.29, 1.82) is 0 Å². The highest BCUT2D eigenvalue weighted by atomic mass is 16.5. The van der Waals surface area contributed by atoms with Crippen molar-refractivity contribution in [3.8, 4) is 0 Å². The largest absolute Gasteiger partial charge is 0.360 e. The summed E-state index contributed by atoms with van der Waals surface area (Å²) in [6.07, 6.45) is 2.61. The van der Waals surface area contributed by atoms with Crippen LogP contribution in [0, 0.1) is 0 Å². The Balaban J connectivity index is 1.65. The number of nitrogens with zero attached hydrogens (tertiary/aromatic N) is 1. The summed E-state index contributed by atoms with van der Waals surface area (Å²) in [6.45, 7) is 4.71. The van der Waals surface area contributed by atoms with Gasteiger partial charge in [0.05, 0.1) is 0 Å². The predicted octanol–water partition coefficient (Wildman–Crippen LogP) is 2.46. The van der Waals surface area contributed by atoms with Gasteiger partial charge in [-0.05, 0) is 32.3 Å². The van der Waals surface area contributed by atoms with Crippen molar-refractivity contribution in [2.24, 2.45) is 0 Å². The molecule has 1 atom stereocenters. The maximum Gasteiger partial charge on any atom is 0.273 e. The van der Waals surface area contributed by atoms with E-state index in [0.29, 0.717) is 11.7 Å². The fraction of sp³-hybridized carbons (Fsp3) is 0.444. The second kappa shape index (κ2) is 6.96. The van der Waals surface area contributed by atoms with E-state index >= 15 is 0 Å². The number of hydrogen-bond donors (Lipinski definition) is 2. The molecule has 0 bridgehead atoms. The fourth-order valence-electron chi connectivity index (χ4n) is 2.95. The highest BCUT2D eigenvalue weighted by Gasteiger charge is 2.28. The molecule has 1 amide bonds. The lowest BCUT2D eigenvalue weighted by Gasteiger charge is -2.22. The lowest BCUT2D eigenvalue weighted by Crippen LogP contribution is -2.36. The van der Waals surface area contributed by atoms with Gasteiger partial charge in [0.1, 0.15) is 5.76 Å². The molecule has 1 aromatic carbocycles. The van der Waals surface area contributed by atoms with Gasteiger partial charge in [0, 0.05) is 30.6 Å². The third-order valence-electron chi connectivity index (χ3n) is 4.11. The molecule has 23 heavy (non-hydrogen) atoms. The van der Waals surface area contributed by atoms with Gasteiger partial charge in [0.15, 0.2) is 5.69 Å². The van der Waals surface area contributed by atoms with Crippen molar-refractivity contribution in [3.05, 3.63) is 52.9 Å². The molecule has 3 rings (SSSR count). The fourth-order valence-corrected chi connectivity index (χ4v) is 2.95. The van der Waals surface area contributed by atoms with Crippen LogP contribution in [0.2, 0.25) is 0 Å². The summed E-state index contributed by atoms with van der Waals surface area (Å²) in [6, 6.07) is 10.8. The number of aryl methyl sites for hydroxylation is 1. The molecule has 1 unspecified atom stereocenters. The molecule has 122 valence electrons. The minimum Gasteiger partial charge on any atom is -0.360 e. The Hall–Kier alpha value is -2.14. The first-order chi connectivity index (χ1) is 11.1. The van der Waals surface area contributed by atoms with Crippen molar-refractivity contribution in [2.45, 2.75) is 51.7 Å². The number of aromatic nitrogens is 1. The number of hydrogen-bond acceptors (Lipinski definition) is 4. The molecule has 0 fully saturated rings. The minimum atomic E-state index is -0.145. The van der Waals surface area contributed by atoms with Crippen molar-refractivity contribution in [2.75, 3.05) is 0 Å². The van der Waals surface area contributed by atoms with Crippen LogP contribution in [0.1, 0.15) is 47.6 Å². The second-order valence-corrected chi connectivity index (χ2v) is 6.37. The molecular weight excluding hydrogens is 290 g/mol. The summed E-state index contributed by atoms with van der Waals surface area (Å²) < 4.78 is 5.36. The van der Waals surface area contributed by atoms with E-state index < -0.39 is 0 Å². The molecule has 0 spiro atoms. The normalized spacial score (nSPS) is 17.1. The van der Waals surface area contributed by atoms with E-state index in [1.54, 1.807) is 0 Å². The topological polar surface area (TPSA) is 67.2 Å². The van der Waals surface area contributed by atoms with E-state index in [-0.39, 0.29) is 11.9 Å². The van der Waals surface area contributed by atoms with Crippen molar-refractivity contribution < 1.29 is 9.32 Å². The average Bonchev–Trinajstić information content (AvgIpc) is 2.96. The lowest BCUT2D eigenvalue weighted by molar-refractivity contribution is 0.0933. The summed E-state index contributed by atoms with van der Waals surface area (Å²) in [4.78, 5) is 12.2. The van der Waals surface area contributed by atoms with E-state index in [1.807, 2.05) is 32.0 Å². The Morgan fingerprint density at radius 3 is 2.87 bits per heavy atom. The molecule has 0 radical (unpaired) electrons. The maximum absolute atomic E-state index is 12.2. The number of carbonyl (C=O) groups is 1. The molecule has 1 aliphatic carbocycles. The third-order valence-corrected chi connectivity index (χ3v) is 4.11. The Kier molecular flexibility index (Phi) is 4.76. The Morgan fingerprint density at radius 1 is 1.35 bits per heavy atom. The highest BCUT2D eigenvalue weighted by molar-refractivity contribution is 5.94. The molecule has 0 saturated carbocycles. The summed E-state index contributed by atoms with van der Waals surface area (Å²) in [5.41, 5.74) is 2.67. The molecule has 5 nitrogen and oxygen atoms in total. The first-order valence-electron chi connectivity index (χ1n) is 8.19. The summed E-state index contributed by atoms with van der Waals surface area (Å²) in [7, 11) is 0. The molecule has 1 aromatic heterocycles. The Morgan fingerprint density at radius 2 is 2.13 bits per heavy atom. The molecule has 2 N–H and O–H groups in total. The van der Waals surface area contributed by atoms with Gasteiger partial charge < -0.3 is 15.2 Å². The van der Waals surface area contributed by atoms with Gasteiger partial charge in [-0.15, -0.1) is 0 Å². The average molecular weight is 313 g/mol. The monoisotopic (exact) mass is 313 g/mol. The SMILES string of the molecule is CC(C)NC(=O)c1noc2c1CC(NCc1ccccc1)CC2. The van der Waals surface area contributed by atoms with Crippen LogP contribution in [-0.2, 0) is 19.4 Å². The van der Waals surface area contributed by atoms with Gasteiger partial charge in [-0.25, -0.2) is 0 Å². The van der Waals surface area contributed by atoms with Gasteiger partial charge in [-0.2, -0.15) is 0 Å². The van der Waals surface area contributed by atoms with E-state index in [0.717, 1.165) is 37.1 Å². The molecule has 1 heterocycles. The van der Waals surface area contributed by atoms with Gasteiger partial charge >= 0.3 is 0 Å². The van der Waals surface area contributed by atoms with Gasteiger partial charge in [-0.3, -0.25) is 4.79 Å². The van der Waals surface area contributed by atoms with Gasteiger partial charge in [0.2, 0.25) is 0 Å². The molecular formula is C18H23N3O2. The van der Waals surface area contributed by atoms with Crippen LogP contribution in [0.4, 0.5) is 0 Å². The molecule has 5 heteroatoms. The quantitative estimate of drug-likeness (QED) is 0.890. The number of rotatable bonds is 5. The van der Waals surface area contributed by atoms with Crippen LogP contribution in [0.25, 0.3) is 0 Å². The van der Waals surface area contributed by atoms with Gasteiger partial charge in [-0.1, -0.05) is 35.5 Å². The molecule has 0 saturated heterocycles. The molecule has 0 aliphatic heterocycles. The second-order valence-electron chi connectivity index (χ2n) is 6.37. The maximum atomic E-state index is 12.2. The zero-order valence-corrected chi connectivity index (χ0v) is 13.6. The van der Waals surface area contributed by atoms with Crippen LogP contribution in [0.3, 0.4) is 0 Å². The number of fused-ring (bicyclic) bond motifs is 1. The van der Waals surface area contributed by atoms with Crippen LogP contribution >= 0.6 is 0 Å². The number of nitrogens with one attached hydrogen (secondary N) is 2. The van der Waals surface area contributed by atoms with E-state index in [4.69, 9.17) is 4.52 Å². The first kappa shape index (κ1) is 15.7. The third kappa shape index (κ3) is 3.79. The number of amides is 1. The number of carbonyl (C=O) groups excluding carboxylic acids is 1. The standard InChI is InChI=1S/C18H23N3O2/c1-12(2)20-18(22)17-15-10-14(8-9-16(15)23-21-17)19-11-13-6-4-3-5-7-13/h3-7,12,14,19H,8-11H2,1-2H3,(H,20,22). The summed E-state index contributed by atoms with van der Waals surface area (Å²) >= 11 is 0. The Bertz CT molecular complexity index is 664. The van der Waals surface area contributed by atoms with Gasteiger partial charge in [0.25, 0.3) is 5.91 Å². The zero-order valence-electron chi connectivity index (χ0n) is 13.6. The van der Waals surface area contributed by atoms with Crippen LogP contribution in [-0.4, -0.2) is 23.1 Å². The van der Waals surface area contributed by atoms with E-state index in [2.05, 4.69) is 27.9 Å². The number of benzene rings is 1. The van der Waals surface area contributed by atoms with Crippen LogP contribution in [0.5, 0.6) is 0 Å². The first-order valence-corrected chi connectivity index (χ1v) is 8.19. The minimum absolute atomic E-state index is 0.0884.